The number of aryl methyl sites for hydroxylation is 1. The number of ketones is 1. The summed E-state index contributed by atoms with van der Waals surface area (Å²) >= 11 is 6.37. The largest absolute Gasteiger partial charge is 0.490 e. The average Bonchev–Trinajstić information content (AvgIpc) is 2.88. The zero-order valence-corrected chi connectivity index (χ0v) is 22.9. The zero-order valence-electron chi connectivity index (χ0n) is 22.1. The number of anilines is 1. The minimum absolute atomic E-state index is 0.00335. The van der Waals surface area contributed by atoms with Gasteiger partial charge < -0.3 is 19.7 Å². The van der Waals surface area contributed by atoms with Crippen LogP contribution in [0, 0.1) is 6.92 Å². The van der Waals surface area contributed by atoms with Crippen molar-refractivity contribution >= 4 is 40.5 Å². The van der Waals surface area contributed by atoms with E-state index in [1.807, 2.05) is 32.9 Å². The summed E-state index contributed by atoms with van der Waals surface area (Å²) in [6.45, 7) is 14.1. The number of carbonyl (C=O) groups excluding carboxylic acids is 2. The van der Waals surface area contributed by atoms with E-state index in [1.165, 1.54) is 6.08 Å². The number of benzene rings is 1. The molecular weight excluding hydrogens is 492 g/mol. The Morgan fingerprint density at radius 2 is 1.70 bits per heavy atom. The molecule has 0 spiro atoms. The first-order chi connectivity index (χ1) is 17.7. The number of ether oxygens (including phenoxy) is 2. The van der Waals surface area contributed by atoms with Crippen molar-refractivity contribution < 1.29 is 19.1 Å². The standard InChI is InChI=1S/C28H33ClN4O4/c1-7-33(8-2)25-14-12-20(18(6)30-25)31-21-16-22(27(34)26(29)17(21)5)32-28(35)19-11-13-23(36-9-3)24(15-19)37-10-4/h11-16H,7-10H2,1-6H3,(H,32,35)/b31-21+. The number of aromatic nitrogens is 1. The Hall–Kier alpha value is -3.65. The molecule has 1 heterocycles. The van der Waals surface area contributed by atoms with Gasteiger partial charge in [-0.05, 0) is 83.5 Å². The van der Waals surface area contributed by atoms with Crippen molar-refractivity contribution in [3.63, 3.8) is 0 Å². The SMILES string of the molecule is CCOc1ccc(C(=O)NC2=C/C(=N\c3ccc(N(CC)CC)nc3C)C(C)=C(Cl)C2=O)cc1OCC. The lowest BCUT2D eigenvalue weighted by Gasteiger charge is -2.20. The molecule has 0 saturated heterocycles. The summed E-state index contributed by atoms with van der Waals surface area (Å²) in [5, 5.41) is 2.68. The Bertz CT molecular complexity index is 1280. The molecule has 8 nitrogen and oxygen atoms in total. The Morgan fingerprint density at radius 3 is 2.32 bits per heavy atom. The maximum atomic E-state index is 13.0. The Balaban J connectivity index is 1.92. The van der Waals surface area contributed by atoms with E-state index >= 15 is 0 Å². The number of aliphatic imine (C=N–C) groups is 1. The lowest BCUT2D eigenvalue weighted by molar-refractivity contribution is -0.112. The summed E-state index contributed by atoms with van der Waals surface area (Å²) in [4.78, 5) is 37.5. The fourth-order valence-electron chi connectivity index (χ4n) is 3.82. The summed E-state index contributed by atoms with van der Waals surface area (Å²) in [5.74, 6) is 0.914. The minimum atomic E-state index is -0.478. The topological polar surface area (TPSA) is 93.1 Å². The van der Waals surface area contributed by atoms with Crippen LogP contribution in [0.3, 0.4) is 0 Å². The van der Waals surface area contributed by atoms with Gasteiger partial charge in [0.25, 0.3) is 5.91 Å². The first kappa shape index (κ1) is 27.9. The van der Waals surface area contributed by atoms with Gasteiger partial charge in [-0.2, -0.15) is 0 Å². The molecule has 1 amide bonds. The van der Waals surface area contributed by atoms with Crippen molar-refractivity contribution in [3.05, 3.63) is 64.0 Å². The van der Waals surface area contributed by atoms with Gasteiger partial charge >= 0.3 is 0 Å². The highest BCUT2D eigenvalue weighted by Gasteiger charge is 2.26. The van der Waals surface area contributed by atoms with Gasteiger partial charge in [-0.3, -0.25) is 9.59 Å². The molecule has 1 aliphatic carbocycles. The van der Waals surface area contributed by atoms with Gasteiger partial charge in [0, 0.05) is 18.7 Å². The van der Waals surface area contributed by atoms with E-state index in [-0.39, 0.29) is 10.7 Å². The van der Waals surface area contributed by atoms with Gasteiger partial charge in [-0.1, -0.05) is 11.6 Å². The summed E-state index contributed by atoms with van der Waals surface area (Å²) < 4.78 is 11.2. The smallest absolute Gasteiger partial charge is 0.255 e. The lowest BCUT2D eigenvalue weighted by Crippen LogP contribution is -2.31. The first-order valence-corrected chi connectivity index (χ1v) is 12.8. The quantitative estimate of drug-likeness (QED) is 0.412. The molecule has 0 saturated carbocycles. The van der Waals surface area contributed by atoms with E-state index in [4.69, 9.17) is 26.1 Å². The number of hydrogen-bond acceptors (Lipinski definition) is 7. The Kier molecular flexibility index (Phi) is 9.47. The van der Waals surface area contributed by atoms with Crippen LogP contribution >= 0.6 is 11.6 Å². The number of hydrogen-bond donors (Lipinski definition) is 1. The van der Waals surface area contributed by atoms with Crippen LogP contribution < -0.4 is 19.7 Å². The molecule has 1 N–H and O–H groups in total. The molecule has 0 bridgehead atoms. The molecule has 9 heteroatoms. The number of pyridine rings is 1. The van der Waals surface area contributed by atoms with Crippen molar-refractivity contribution in [2.45, 2.75) is 41.5 Å². The lowest BCUT2D eigenvalue weighted by atomic mass is 10.0. The molecule has 196 valence electrons. The summed E-state index contributed by atoms with van der Waals surface area (Å²) in [6.07, 6.45) is 1.54. The van der Waals surface area contributed by atoms with Crippen molar-refractivity contribution in [1.82, 2.24) is 10.3 Å². The maximum absolute atomic E-state index is 13.0. The number of nitrogens with one attached hydrogen (secondary N) is 1. The number of rotatable bonds is 10. The minimum Gasteiger partial charge on any atom is -0.490 e. The molecule has 0 radical (unpaired) electrons. The fraction of sp³-hybridized carbons (Fsp3) is 0.357. The molecule has 1 aromatic carbocycles. The van der Waals surface area contributed by atoms with E-state index in [1.54, 1.807) is 25.1 Å². The molecular formula is C28H33ClN4O4. The second-order valence-electron chi connectivity index (χ2n) is 8.25. The van der Waals surface area contributed by atoms with Crippen LogP contribution in [0.5, 0.6) is 11.5 Å². The fourth-order valence-corrected chi connectivity index (χ4v) is 4.02. The van der Waals surface area contributed by atoms with Crippen molar-refractivity contribution in [1.29, 1.82) is 0 Å². The van der Waals surface area contributed by atoms with Crippen molar-refractivity contribution in [2.75, 3.05) is 31.2 Å². The Labute approximate surface area is 223 Å². The zero-order chi connectivity index (χ0) is 27.1. The Morgan fingerprint density at radius 1 is 1.03 bits per heavy atom. The third-order valence-corrected chi connectivity index (χ3v) is 6.32. The second-order valence-corrected chi connectivity index (χ2v) is 8.63. The monoisotopic (exact) mass is 524 g/mol. The first-order valence-electron chi connectivity index (χ1n) is 12.4. The molecule has 1 aromatic heterocycles. The van der Waals surface area contributed by atoms with E-state index in [2.05, 4.69) is 29.0 Å². The van der Waals surface area contributed by atoms with Crippen molar-refractivity contribution in [3.8, 4) is 11.5 Å². The number of allylic oxidation sites excluding steroid dienone is 3. The van der Waals surface area contributed by atoms with Crippen LogP contribution in [0.15, 0.2) is 57.7 Å². The average molecular weight is 525 g/mol. The highest BCUT2D eigenvalue weighted by atomic mass is 35.5. The third kappa shape index (κ3) is 6.38. The number of nitrogens with zero attached hydrogens (tertiary/aromatic N) is 3. The van der Waals surface area contributed by atoms with Gasteiger partial charge in [0.05, 0.1) is 41.0 Å². The van der Waals surface area contributed by atoms with E-state index in [9.17, 15) is 9.59 Å². The molecule has 1 aliphatic rings. The van der Waals surface area contributed by atoms with E-state index in [0.717, 1.165) is 24.6 Å². The van der Waals surface area contributed by atoms with E-state index in [0.29, 0.717) is 47.2 Å². The van der Waals surface area contributed by atoms with Crippen LogP contribution in [0.1, 0.15) is 50.7 Å². The molecule has 0 fully saturated rings. The number of Topliss-reactive ketones (excluding diaryl/α,β-unsaturated/α-hetero) is 1. The molecule has 3 rings (SSSR count). The van der Waals surface area contributed by atoms with Crippen LogP contribution in [0.25, 0.3) is 0 Å². The van der Waals surface area contributed by atoms with Gasteiger partial charge in [-0.15, -0.1) is 0 Å². The predicted molar refractivity (Wildman–Crippen MR) is 148 cm³/mol. The molecule has 0 aliphatic heterocycles. The summed E-state index contributed by atoms with van der Waals surface area (Å²) in [6, 6.07) is 8.68. The number of halogens is 1. The van der Waals surface area contributed by atoms with Crippen LogP contribution in [0.2, 0.25) is 0 Å². The van der Waals surface area contributed by atoms with E-state index < -0.39 is 11.7 Å². The molecule has 0 atom stereocenters. The number of amides is 1. The van der Waals surface area contributed by atoms with Crippen molar-refractivity contribution in [2.24, 2.45) is 4.99 Å². The predicted octanol–water partition coefficient (Wildman–Crippen LogP) is 5.52. The van der Waals surface area contributed by atoms with Gasteiger partial charge in [-0.25, -0.2) is 9.98 Å². The van der Waals surface area contributed by atoms with Crippen LogP contribution in [-0.4, -0.2) is 48.7 Å². The highest BCUT2D eigenvalue weighted by molar-refractivity contribution is 6.49. The molecule has 0 unspecified atom stereocenters. The second kappa shape index (κ2) is 12.5. The van der Waals surface area contributed by atoms with Crippen LogP contribution in [0.4, 0.5) is 11.5 Å². The summed E-state index contributed by atoms with van der Waals surface area (Å²) in [7, 11) is 0. The normalized spacial score (nSPS) is 14.5. The van der Waals surface area contributed by atoms with Gasteiger partial charge in [0.2, 0.25) is 5.78 Å². The summed E-state index contributed by atoms with van der Waals surface area (Å²) in [5.41, 5.74) is 2.75. The van der Waals surface area contributed by atoms with Gasteiger partial charge in [0.1, 0.15) is 5.82 Å². The molecule has 37 heavy (non-hydrogen) atoms. The van der Waals surface area contributed by atoms with Crippen LogP contribution in [-0.2, 0) is 4.79 Å². The maximum Gasteiger partial charge on any atom is 0.255 e. The third-order valence-electron chi connectivity index (χ3n) is 5.86. The number of carbonyl (C=O) groups is 2. The molecule has 2 aromatic rings. The van der Waals surface area contributed by atoms with Gasteiger partial charge in [0.15, 0.2) is 11.5 Å². The highest BCUT2D eigenvalue weighted by Crippen LogP contribution is 2.30.